The molecule has 140 valence electrons. The fraction of sp³-hybridized carbons (Fsp3) is 0.545. The van der Waals surface area contributed by atoms with Crippen LogP contribution in [-0.4, -0.2) is 62.0 Å². The number of carbonyl (C=O) groups is 1. The summed E-state index contributed by atoms with van der Waals surface area (Å²) in [6, 6.07) is 1.02. The molecule has 0 aromatic carbocycles. The minimum Gasteiger partial charge on any atom is -0.387 e. The minimum absolute atomic E-state index is 0.459. The van der Waals surface area contributed by atoms with Gasteiger partial charge in [0.2, 0.25) is 0 Å². The van der Waals surface area contributed by atoms with Crippen LogP contribution in [-0.2, 0) is 18.6 Å². The molecule has 5 atom stereocenters. The summed E-state index contributed by atoms with van der Waals surface area (Å²) in [5.74, 6) is 0. The molecule has 2 rings (SSSR count). The first-order chi connectivity index (χ1) is 11.6. The summed E-state index contributed by atoms with van der Waals surface area (Å²) in [5.41, 5.74) is 3.10. The molecule has 2 heterocycles. The molecule has 0 aliphatic carbocycles. The van der Waals surface area contributed by atoms with Gasteiger partial charge in [0.25, 0.3) is 5.56 Å². The van der Waals surface area contributed by atoms with Crippen molar-refractivity contribution < 1.29 is 38.5 Å². The van der Waals surface area contributed by atoms with Gasteiger partial charge in [0.15, 0.2) is 12.6 Å². The van der Waals surface area contributed by atoms with Crippen molar-refractivity contribution in [3.05, 3.63) is 33.1 Å². The molecule has 25 heavy (non-hydrogen) atoms. The number of rotatable bonds is 6. The van der Waals surface area contributed by atoms with Gasteiger partial charge < -0.3 is 34.8 Å². The van der Waals surface area contributed by atoms with E-state index in [1.807, 2.05) is 4.98 Å². The molecule has 13 nitrogen and oxygen atoms in total. The van der Waals surface area contributed by atoms with Crippen molar-refractivity contribution in [2.24, 2.45) is 5.73 Å². The van der Waals surface area contributed by atoms with Crippen molar-refractivity contribution >= 4 is 13.7 Å². The van der Waals surface area contributed by atoms with E-state index in [2.05, 4.69) is 10.3 Å². The summed E-state index contributed by atoms with van der Waals surface area (Å²) >= 11 is 0. The van der Waals surface area contributed by atoms with Crippen molar-refractivity contribution in [2.75, 3.05) is 13.0 Å². The maximum atomic E-state index is 11.7. The van der Waals surface area contributed by atoms with E-state index in [-0.39, 0.29) is 0 Å². The lowest BCUT2D eigenvalue weighted by Crippen LogP contribution is -2.37. The SMILES string of the molecule is NC(=O)OP(=O)(O)COC[C@H]1O[C@@H](n2ccc(=O)[nH]c2=O)[C@H](O)[C@@H]1O. The van der Waals surface area contributed by atoms with Crippen molar-refractivity contribution in [3.8, 4) is 0 Å². The van der Waals surface area contributed by atoms with Crippen LogP contribution < -0.4 is 17.0 Å². The standard InChI is InChI=1S/C11H16N3O10P/c12-10(18)24-25(20,21)4-22-3-5-7(16)8(17)9(23-5)14-2-1-6(15)13-11(14)19/h1-2,5,7-9,16-17H,3-4H2,(H2,12,18)(H,20,21)(H,13,15,19)/t5-,7-,8-,9-/m1/s1. The number of aliphatic hydroxyl groups excluding tert-OH is 2. The van der Waals surface area contributed by atoms with Crippen LogP contribution in [0.5, 0.6) is 0 Å². The molecule has 1 aliphatic heterocycles. The van der Waals surface area contributed by atoms with Crippen LogP contribution in [0.1, 0.15) is 6.23 Å². The molecule has 0 radical (unpaired) electrons. The maximum absolute atomic E-state index is 11.7. The second kappa shape index (κ2) is 7.47. The Morgan fingerprint density at radius 3 is 2.68 bits per heavy atom. The first-order valence-corrected chi connectivity index (χ1v) is 8.58. The summed E-state index contributed by atoms with van der Waals surface area (Å²) < 4.78 is 26.4. The number of nitrogens with zero attached hydrogens (tertiary/aromatic N) is 1. The van der Waals surface area contributed by atoms with Gasteiger partial charge in [-0.15, -0.1) is 0 Å². The van der Waals surface area contributed by atoms with Crippen LogP contribution in [0.15, 0.2) is 21.9 Å². The van der Waals surface area contributed by atoms with Crippen LogP contribution >= 0.6 is 7.60 Å². The van der Waals surface area contributed by atoms with Crippen LogP contribution in [0.3, 0.4) is 0 Å². The predicted molar refractivity (Wildman–Crippen MR) is 78.6 cm³/mol. The number of aliphatic hydroxyl groups is 2. The summed E-state index contributed by atoms with van der Waals surface area (Å²) in [4.78, 5) is 44.4. The third kappa shape index (κ3) is 4.75. The largest absolute Gasteiger partial charge is 0.411 e. The van der Waals surface area contributed by atoms with Gasteiger partial charge in [-0.05, 0) is 0 Å². The Morgan fingerprint density at radius 1 is 1.40 bits per heavy atom. The number of aromatic nitrogens is 2. The average Bonchev–Trinajstić information content (AvgIpc) is 2.74. The van der Waals surface area contributed by atoms with Crippen LogP contribution in [0.2, 0.25) is 0 Å². The molecule has 1 unspecified atom stereocenters. The number of ether oxygens (including phenoxy) is 2. The summed E-state index contributed by atoms with van der Waals surface area (Å²) in [7, 11) is -4.42. The predicted octanol–water partition coefficient (Wildman–Crippen LogP) is -2.59. The highest BCUT2D eigenvalue weighted by Gasteiger charge is 2.44. The van der Waals surface area contributed by atoms with Gasteiger partial charge in [-0.25, -0.2) is 14.2 Å². The van der Waals surface area contributed by atoms with Crippen LogP contribution in [0, 0.1) is 0 Å². The number of hydrogen-bond acceptors (Lipinski definition) is 9. The van der Waals surface area contributed by atoms with E-state index in [1.165, 1.54) is 0 Å². The van der Waals surface area contributed by atoms with Gasteiger partial charge in [-0.3, -0.25) is 14.3 Å². The summed E-state index contributed by atoms with van der Waals surface area (Å²) in [5, 5.41) is 19.9. The maximum Gasteiger partial charge on any atom is 0.411 e. The molecule has 1 aliphatic rings. The fourth-order valence-corrected chi connectivity index (χ4v) is 2.85. The van der Waals surface area contributed by atoms with E-state index in [0.717, 1.165) is 16.8 Å². The smallest absolute Gasteiger partial charge is 0.387 e. The van der Waals surface area contributed by atoms with Gasteiger partial charge in [-0.2, -0.15) is 0 Å². The Kier molecular flexibility index (Phi) is 5.77. The topological polar surface area (TPSA) is 203 Å². The number of hydrogen-bond donors (Lipinski definition) is 5. The molecule has 1 fully saturated rings. The number of primary amides is 1. The lowest BCUT2D eigenvalue weighted by atomic mass is 10.1. The second-order valence-electron chi connectivity index (χ2n) is 5.11. The number of nitrogens with one attached hydrogen (secondary N) is 1. The van der Waals surface area contributed by atoms with Crippen molar-refractivity contribution in [2.45, 2.75) is 24.5 Å². The second-order valence-corrected chi connectivity index (χ2v) is 6.83. The fourth-order valence-electron chi connectivity index (χ4n) is 2.18. The monoisotopic (exact) mass is 381 g/mol. The minimum atomic E-state index is -4.42. The number of carbonyl (C=O) groups excluding carboxylic acids is 1. The summed E-state index contributed by atoms with van der Waals surface area (Å²) in [6.45, 7) is -0.459. The molecule has 14 heteroatoms. The zero-order valence-corrected chi connectivity index (χ0v) is 13.4. The average molecular weight is 381 g/mol. The van der Waals surface area contributed by atoms with Crippen molar-refractivity contribution in [3.63, 3.8) is 0 Å². The van der Waals surface area contributed by atoms with Gasteiger partial charge >= 0.3 is 19.4 Å². The molecule has 0 saturated carbocycles. The quantitative estimate of drug-likeness (QED) is 0.325. The highest BCUT2D eigenvalue weighted by molar-refractivity contribution is 7.53. The molecule has 6 N–H and O–H groups in total. The van der Waals surface area contributed by atoms with Crippen LogP contribution in [0.25, 0.3) is 0 Å². The lowest BCUT2D eigenvalue weighted by Gasteiger charge is -2.17. The molecule has 1 saturated heterocycles. The Balaban J connectivity index is 2.00. The Hall–Kier alpha value is -2.02. The number of amides is 1. The Morgan fingerprint density at radius 2 is 2.08 bits per heavy atom. The number of aromatic amines is 1. The van der Waals surface area contributed by atoms with Crippen LogP contribution in [0.4, 0.5) is 4.79 Å². The van der Waals surface area contributed by atoms with E-state index in [1.54, 1.807) is 0 Å². The molecule has 1 aromatic heterocycles. The lowest BCUT2D eigenvalue weighted by molar-refractivity contribution is -0.0645. The summed E-state index contributed by atoms with van der Waals surface area (Å²) in [6.07, 6.45) is -6.78. The molecule has 1 amide bonds. The molecular weight excluding hydrogens is 365 g/mol. The molecule has 0 bridgehead atoms. The van der Waals surface area contributed by atoms with Crippen molar-refractivity contribution in [1.82, 2.24) is 9.55 Å². The molecule has 1 aromatic rings. The third-order valence-corrected chi connectivity index (χ3v) is 4.21. The van der Waals surface area contributed by atoms with Gasteiger partial charge in [-0.1, -0.05) is 0 Å². The van der Waals surface area contributed by atoms with E-state index >= 15 is 0 Å². The first-order valence-electron chi connectivity index (χ1n) is 6.82. The van der Waals surface area contributed by atoms with E-state index < -0.39 is 62.4 Å². The first kappa shape index (κ1) is 19.3. The Bertz CT molecular complexity index is 791. The van der Waals surface area contributed by atoms with E-state index in [9.17, 15) is 34.1 Å². The third-order valence-electron chi connectivity index (χ3n) is 3.23. The van der Waals surface area contributed by atoms with Gasteiger partial charge in [0.05, 0.1) is 6.61 Å². The van der Waals surface area contributed by atoms with E-state index in [0.29, 0.717) is 0 Å². The van der Waals surface area contributed by atoms with Gasteiger partial charge in [0.1, 0.15) is 18.3 Å². The number of H-pyrrole nitrogens is 1. The zero-order valence-electron chi connectivity index (χ0n) is 12.5. The Labute approximate surface area is 139 Å². The number of nitrogens with two attached hydrogens (primary N) is 1. The highest BCUT2D eigenvalue weighted by Crippen LogP contribution is 2.41. The van der Waals surface area contributed by atoms with Gasteiger partial charge in [0, 0.05) is 12.3 Å². The highest BCUT2D eigenvalue weighted by atomic mass is 31.2. The molecule has 0 spiro atoms. The van der Waals surface area contributed by atoms with E-state index in [4.69, 9.17) is 9.47 Å². The van der Waals surface area contributed by atoms with Crippen molar-refractivity contribution in [1.29, 1.82) is 0 Å². The normalized spacial score (nSPS) is 28.4. The molecular formula is C11H16N3O10P. The zero-order chi connectivity index (χ0) is 18.8.